The first-order chi connectivity index (χ1) is 12.0. The lowest BCUT2D eigenvalue weighted by Crippen LogP contribution is -2.25. The molecule has 0 spiro atoms. The molecule has 2 aromatic carbocycles. The average molecular weight is 345 g/mol. The highest BCUT2D eigenvalue weighted by molar-refractivity contribution is 5.92. The second-order valence-electron chi connectivity index (χ2n) is 5.63. The van der Waals surface area contributed by atoms with Crippen LogP contribution in [-0.4, -0.2) is 19.1 Å². The lowest BCUT2D eigenvalue weighted by atomic mass is 10.1. The Morgan fingerprint density at radius 3 is 2.64 bits per heavy atom. The van der Waals surface area contributed by atoms with Crippen LogP contribution < -0.4 is 14.8 Å². The number of carbonyl (C=O) groups excluding carboxylic acids is 1. The van der Waals surface area contributed by atoms with Crippen molar-refractivity contribution in [1.29, 1.82) is 0 Å². The third-order valence-electron chi connectivity index (χ3n) is 3.78. The van der Waals surface area contributed by atoms with Gasteiger partial charge in [-0.15, -0.1) is 0 Å². The molecule has 0 saturated heterocycles. The van der Waals surface area contributed by atoms with Crippen LogP contribution in [-0.2, 0) is 4.79 Å². The van der Waals surface area contributed by atoms with Gasteiger partial charge in [0.1, 0.15) is 24.8 Å². The fraction of sp³-hybridized carbons (Fsp3) is 0.211. The standard InChI is InChI=1S/C19H17F2NO3/c1-12(15-5-4-14(20)11-16(15)21)22-19(23)7-3-13-2-6-17-18(10-13)25-9-8-24-17/h2-7,10-12H,8-9H2,1H3,(H,22,23)/b7-3+/t12-/m0/s1. The van der Waals surface area contributed by atoms with E-state index >= 15 is 0 Å². The molecule has 0 aromatic heterocycles. The Morgan fingerprint density at radius 2 is 1.88 bits per heavy atom. The Labute approximate surface area is 144 Å². The Balaban J connectivity index is 1.64. The van der Waals surface area contributed by atoms with Gasteiger partial charge in [-0.2, -0.15) is 0 Å². The number of fused-ring (bicyclic) bond motifs is 1. The van der Waals surface area contributed by atoms with Crippen LogP contribution in [0.1, 0.15) is 24.1 Å². The molecule has 0 unspecified atom stereocenters. The summed E-state index contributed by atoms with van der Waals surface area (Å²) in [5.41, 5.74) is 1.00. The van der Waals surface area contributed by atoms with Crippen LogP contribution in [0.15, 0.2) is 42.5 Å². The number of halogens is 2. The summed E-state index contributed by atoms with van der Waals surface area (Å²) in [6.45, 7) is 2.63. The minimum absolute atomic E-state index is 0.225. The Morgan fingerprint density at radius 1 is 1.12 bits per heavy atom. The largest absolute Gasteiger partial charge is 0.486 e. The third-order valence-corrected chi connectivity index (χ3v) is 3.78. The average Bonchev–Trinajstić information content (AvgIpc) is 2.59. The maximum absolute atomic E-state index is 13.7. The van der Waals surface area contributed by atoms with Crippen molar-refractivity contribution in [2.75, 3.05) is 13.2 Å². The number of hydrogen-bond acceptors (Lipinski definition) is 3. The lowest BCUT2D eigenvalue weighted by molar-refractivity contribution is -0.117. The maximum atomic E-state index is 13.7. The number of ether oxygens (including phenoxy) is 2. The molecule has 3 rings (SSSR count). The highest BCUT2D eigenvalue weighted by atomic mass is 19.1. The summed E-state index contributed by atoms with van der Waals surface area (Å²) in [7, 11) is 0. The third kappa shape index (κ3) is 4.15. The van der Waals surface area contributed by atoms with E-state index in [2.05, 4.69) is 5.32 Å². The molecule has 1 aliphatic heterocycles. The molecular formula is C19H17F2NO3. The molecule has 25 heavy (non-hydrogen) atoms. The molecule has 0 bridgehead atoms. The van der Waals surface area contributed by atoms with Gasteiger partial charge in [-0.1, -0.05) is 12.1 Å². The molecular weight excluding hydrogens is 328 g/mol. The monoisotopic (exact) mass is 345 g/mol. The van der Waals surface area contributed by atoms with E-state index < -0.39 is 17.7 Å². The summed E-state index contributed by atoms with van der Waals surface area (Å²) in [5.74, 6) is -0.420. The van der Waals surface area contributed by atoms with Crippen molar-refractivity contribution in [2.24, 2.45) is 0 Å². The van der Waals surface area contributed by atoms with Gasteiger partial charge < -0.3 is 14.8 Å². The Hall–Kier alpha value is -2.89. The van der Waals surface area contributed by atoms with Gasteiger partial charge in [-0.25, -0.2) is 8.78 Å². The molecule has 0 saturated carbocycles. The van der Waals surface area contributed by atoms with Crippen LogP contribution in [0.4, 0.5) is 8.78 Å². The van der Waals surface area contributed by atoms with Crippen LogP contribution in [0.25, 0.3) is 6.08 Å². The molecule has 0 radical (unpaired) electrons. The molecule has 1 aliphatic rings. The Bertz CT molecular complexity index is 820. The van der Waals surface area contributed by atoms with Gasteiger partial charge in [-0.05, 0) is 36.8 Å². The Kier molecular flexibility index (Phi) is 4.97. The van der Waals surface area contributed by atoms with Crippen LogP contribution in [0.2, 0.25) is 0 Å². The highest BCUT2D eigenvalue weighted by Crippen LogP contribution is 2.31. The molecule has 4 nitrogen and oxygen atoms in total. The fourth-order valence-electron chi connectivity index (χ4n) is 2.53. The maximum Gasteiger partial charge on any atom is 0.244 e. The van der Waals surface area contributed by atoms with E-state index in [4.69, 9.17) is 9.47 Å². The SMILES string of the molecule is C[C@H](NC(=O)/C=C/c1ccc2c(c1)OCCO2)c1ccc(F)cc1F. The number of carbonyl (C=O) groups is 1. The number of hydrogen-bond donors (Lipinski definition) is 1. The predicted molar refractivity (Wildman–Crippen MR) is 89.4 cm³/mol. The highest BCUT2D eigenvalue weighted by Gasteiger charge is 2.14. The van der Waals surface area contributed by atoms with E-state index in [0.29, 0.717) is 24.7 Å². The van der Waals surface area contributed by atoms with E-state index in [-0.39, 0.29) is 11.5 Å². The predicted octanol–water partition coefficient (Wildman–Crippen LogP) is 3.63. The lowest BCUT2D eigenvalue weighted by Gasteiger charge is -2.18. The molecule has 1 amide bonds. The zero-order valence-corrected chi connectivity index (χ0v) is 13.6. The molecule has 130 valence electrons. The van der Waals surface area contributed by atoms with Crippen molar-refractivity contribution in [3.05, 3.63) is 65.2 Å². The van der Waals surface area contributed by atoms with Gasteiger partial charge in [0, 0.05) is 17.7 Å². The summed E-state index contributed by atoms with van der Waals surface area (Å²) >= 11 is 0. The zero-order valence-electron chi connectivity index (χ0n) is 13.6. The molecule has 0 aliphatic carbocycles. The van der Waals surface area contributed by atoms with Crippen LogP contribution >= 0.6 is 0 Å². The van der Waals surface area contributed by atoms with Crippen LogP contribution in [0, 0.1) is 11.6 Å². The zero-order chi connectivity index (χ0) is 17.8. The molecule has 2 aromatic rings. The molecule has 6 heteroatoms. The topological polar surface area (TPSA) is 47.6 Å². The quantitative estimate of drug-likeness (QED) is 0.861. The van der Waals surface area contributed by atoms with E-state index in [1.807, 2.05) is 0 Å². The van der Waals surface area contributed by atoms with E-state index in [9.17, 15) is 13.6 Å². The summed E-state index contributed by atoms with van der Waals surface area (Å²) in [6.07, 6.45) is 2.98. The minimum atomic E-state index is -0.691. The number of amides is 1. The van der Waals surface area contributed by atoms with Crippen LogP contribution in [0.5, 0.6) is 11.5 Å². The van der Waals surface area contributed by atoms with Crippen molar-refractivity contribution < 1.29 is 23.0 Å². The van der Waals surface area contributed by atoms with Gasteiger partial charge in [0.2, 0.25) is 5.91 Å². The van der Waals surface area contributed by atoms with Gasteiger partial charge in [0.05, 0.1) is 6.04 Å². The van der Waals surface area contributed by atoms with E-state index in [0.717, 1.165) is 17.7 Å². The summed E-state index contributed by atoms with van der Waals surface area (Å²) in [4.78, 5) is 12.0. The number of benzene rings is 2. The van der Waals surface area contributed by atoms with Gasteiger partial charge in [0.15, 0.2) is 11.5 Å². The van der Waals surface area contributed by atoms with Crippen molar-refractivity contribution in [3.63, 3.8) is 0 Å². The first kappa shape index (κ1) is 17.0. The molecule has 1 N–H and O–H groups in total. The summed E-state index contributed by atoms with van der Waals surface area (Å²) < 4.78 is 37.6. The second-order valence-corrected chi connectivity index (χ2v) is 5.63. The molecule has 0 fully saturated rings. The van der Waals surface area contributed by atoms with Crippen molar-refractivity contribution >= 4 is 12.0 Å². The molecule has 1 atom stereocenters. The second kappa shape index (κ2) is 7.34. The van der Waals surface area contributed by atoms with Crippen LogP contribution in [0.3, 0.4) is 0 Å². The van der Waals surface area contributed by atoms with Gasteiger partial charge in [-0.3, -0.25) is 4.79 Å². The first-order valence-corrected chi connectivity index (χ1v) is 7.86. The van der Waals surface area contributed by atoms with Gasteiger partial charge >= 0.3 is 0 Å². The van der Waals surface area contributed by atoms with E-state index in [1.165, 1.54) is 12.1 Å². The number of nitrogens with one attached hydrogen (secondary N) is 1. The first-order valence-electron chi connectivity index (χ1n) is 7.86. The number of rotatable bonds is 4. The van der Waals surface area contributed by atoms with Crippen molar-refractivity contribution in [2.45, 2.75) is 13.0 Å². The summed E-state index contributed by atoms with van der Waals surface area (Å²) in [5, 5.41) is 2.64. The summed E-state index contributed by atoms with van der Waals surface area (Å²) in [6, 6.07) is 8.05. The van der Waals surface area contributed by atoms with Crippen molar-refractivity contribution in [3.8, 4) is 11.5 Å². The van der Waals surface area contributed by atoms with E-state index in [1.54, 1.807) is 31.2 Å². The minimum Gasteiger partial charge on any atom is -0.486 e. The van der Waals surface area contributed by atoms with Crippen molar-refractivity contribution in [1.82, 2.24) is 5.32 Å². The normalized spacial score (nSPS) is 14.4. The van der Waals surface area contributed by atoms with Gasteiger partial charge in [0.25, 0.3) is 0 Å². The molecule has 1 heterocycles. The smallest absolute Gasteiger partial charge is 0.244 e. The fourth-order valence-corrected chi connectivity index (χ4v) is 2.53.